The second-order valence-electron chi connectivity index (χ2n) is 4.46. The van der Waals surface area contributed by atoms with Gasteiger partial charge >= 0.3 is 0 Å². The molecule has 3 nitrogen and oxygen atoms in total. The Morgan fingerprint density at radius 2 is 1.85 bits per heavy atom. The maximum atomic E-state index is 5.98. The minimum atomic E-state index is 0.598. The van der Waals surface area contributed by atoms with Crippen LogP contribution in [0, 0.1) is 0 Å². The van der Waals surface area contributed by atoms with Crippen LogP contribution in [0.15, 0.2) is 40.9 Å². The smallest absolute Gasteiger partial charge is 0.163 e. The molecule has 0 aliphatic carbocycles. The molecule has 1 aliphatic rings. The van der Waals surface area contributed by atoms with Crippen molar-refractivity contribution in [2.45, 2.75) is 6.54 Å². The zero-order chi connectivity index (χ0) is 13.9. The molecule has 0 atom stereocenters. The fourth-order valence-electron chi connectivity index (χ4n) is 2.01. The van der Waals surface area contributed by atoms with Crippen molar-refractivity contribution >= 4 is 33.2 Å². The SMILES string of the molecule is Clc1ccc(CNc2ccc3c(c2)OCCO3)cc1Br. The summed E-state index contributed by atoms with van der Waals surface area (Å²) in [6.45, 7) is 1.93. The molecule has 3 rings (SSSR count). The third-order valence-electron chi connectivity index (χ3n) is 3.02. The molecule has 0 radical (unpaired) electrons. The molecule has 104 valence electrons. The van der Waals surface area contributed by atoms with Gasteiger partial charge in [0.1, 0.15) is 13.2 Å². The molecule has 20 heavy (non-hydrogen) atoms. The van der Waals surface area contributed by atoms with E-state index in [-0.39, 0.29) is 0 Å². The summed E-state index contributed by atoms with van der Waals surface area (Å²) in [6.07, 6.45) is 0. The minimum absolute atomic E-state index is 0.598. The average Bonchev–Trinajstić information content (AvgIpc) is 2.48. The topological polar surface area (TPSA) is 30.5 Å². The number of fused-ring (bicyclic) bond motifs is 1. The third-order valence-corrected chi connectivity index (χ3v) is 4.24. The molecular weight excluding hydrogens is 342 g/mol. The summed E-state index contributed by atoms with van der Waals surface area (Å²) in [5.74, 6) is 1.59. The van der Waals surface area contributed by atoms with Gasteiger partial charge in [0, 0.05) is 22.8 Å². The Labute approximate surface area is 131 Å². The molecule has 0 bridgehead atoms. The van der Waals surface area contributed by atoms with Crippen LogP contribution in [-0.4, -0.2) is 13.2 Å². The molecule has 0 unspecified atom stereocenters. The van der Waals surface area contributed by atoms with Gasteiger partial charge in [-0.05, 0) is 45.8 Å². The number of ether oxygens (including phenoxy) is 2. The van der Waals surface area contributed by atoms with Gasteiger partial charge in [-0.15, -0.1) is 0 Å². The summed E-state index contributed by atoms with van der Waals surface area (Å²) < 4.78 is 12.0. The molecule has 5 heteroatoms. The number of anilines is 1. The molecule has 0 spiro atoms. The molecule has 0 fully saturated rings. The van der Waals surface area contributed by atoms with Gasteiger partial charge in [-0.1, -0.05) is 17.7 Å². The number of hydrogen-bond acceptors (Lipinski definition) is 3. The lowest BCUT2D eigenvalue weighted by molar-refractivity contribution is 0.171. The normalized spacial score (nSPS) is 13.1. The minimum Gasteiger partial charge on any atom is -0.486 e. The van der Waals surface area contributed by atoms with Gasteiger partial charge in [0.15, 0.2) is 11.5 Å². The van der Waals surface area contributed by atoms with E-state index < -0.39 is 0 Å². The first-order valence-electron chi connectivity index (χ1n) is 6.30. The van der Waals surface area contributed by atoms with Crippen LogP contribution in [0.5, 0.6) is 11.5 Å². The van der Waals surface area contributed by atoms with Crippen LogP contribution in [0.4, 0.5) is 5.69 Å². The summed E-state index contributed by atoms with van der Waals surface area (Å²) in [4.78, 5) is 0. The summed E-state index contributed by atoms with van der Waals surface area (Å²) in [7, 11) is 0. The van der Waals surface area contributed by atoms with Crippen molar-refractivity contribution in [1.29, 1.82) is 0 Å². The largest absolute Gasteiger partial charge is 0.486 e. The number of rotatable bonds is 3. The van der Waals surface area contributed by atoms with Crippen molar-refractivity contribution in [3.63, 3.8) is 0 Å². The van der Waals surface area contributed by atoms with Gasteiger partial charge in [0.2, 0.25) is 0 Å². The van der Waals surface area contributed by atoms with E-state index in [1.807, 2.05) is 36.4 Å². The molecule has 0 saturated carbocycles. The highest BCUT2D eigenvalue weighted by Gasteiger charge is 2.11. The van der Waals surface area contributed by atoms with Crippen molar-refractivity contribution < 1.29 is 9.47 Å². The number of nitrogens with one attached hydrogen (secondary N) is 1. The standard InChI is InChI=1S/C15H13BrClNO2/c16-12-7-10(1-3-13(12)17)9-18-11-2-4-14-15(8-11)20-6-5-19-14/h1-4,7-8,18H,5-6,9H2. The fraction of sp³-hybridized carbons (Fsp3) is 0.200. The zero-order valence-electron chi connectivity index (χ0n) is 10.7. The van der Waals surface area contributed by atoms with Crippen LogP contribution < -0.4 is 14.8 Å². The van der Waals surface area contributed by atoms with Gasteiger partial charge in [0.05, 0.1) is 5.02 Å². The molecule has 0 amide bonds. The predicted octanol–water partition coefficient (Wildman–Crippen LogP) is 4.49. The predicted molar refractivity (Wildman–Crippen MR) is 83.9 cm³/mol. The lowest BCUT2D eigenvalue weighted by Crippen LogP contribution is -2.15. The van der Waals surface area contributed by atoms with Crippen LogP contribution in [0.2, 0.25) is 5.02 Å². The quantitative estimate of drug-likeness (QED) is 0.881. The van der Waals surface area contributed by atoms with Crippen LogP contribution in [-0.2, 0) is 6.54 Å². The first-order chi connectivity index (χ1) is 9.72. The van der Waals surface area contributed by atoms with Gasteiger partial charge in [0.25, 0.3) is 0 Å². The Balaban J connectivity index is 1.70. The number of benzene rings is 2. The third kappa shape index (κ3) is 3.02. The summed E-state index contributed by atoms with van der Waals surface area (Å²) in [5.41, 5.74) is 2.15. The van der Waals surface area contributed by atoms with Crippen molar-refractivity contribution in [2.24, 2.45) is 0 Å². The van der Waals surface area contributed by atoms with Gasteiger partial charge < -0.3 is 14.8 Å². The van der Waals surface area contributed by atoms with Crippen molar-refractivity contribution in [2.75, 3.05) is 18.5 Å². The summed E-state index contributed by atoms with van der Waals surface area (Å²) in [6, 6.07) is 11.8. The average molecular weight is 355 g/mol. The molecule has 2 aromatic carbocycles. The molecule has 0 saturated heterocycles. The van der Waals surface area contributed by atoms with Crippen LogP contribution >= 0.6 is 27.5 Å². The Kier molecular flexibility index (Phi) is 4.03. The fourth-order valence-corrected chi connectivity index (χ4v) is 2.55. The monoisotopic (exact) mass is 353 g/mol. The Hall–Kier alpha value is -1.39. The maximum absolute atomic E-state index is 5.98. The van der Waals surface area contributed by atoms with Crippen LogP contribution in [0.25, 0.3) is 0 Å². The zero-order valence-corrected chi connectivity index (χ0v) is 13.0. The Morgan fingerprint density at radius 1 is 1.05 bits per heavy atom. The lowest BCUT2D eigenvalue weighted by atomic mass is 10.2. The molecule has 1 N–H and O–H groups in total. The highest BCUT2D eigenvalue weighted by Crippen LogP contribution is 2.32. The van der Waals surface area contributed by atoms with E-state index in [2.05, 4.69) is 21.2 Å². The number of hydrogen-bond donors (Lipinski definition) is 1. The van der Waals surface area contributed by atoms with Gasteiger partial charge in [-0.2, -0.15) is 0 Å². The highest BCUT2D eigenvalue weighted by atomic mass is 79.9. The van der Waals surface area contributed by atoms with Gasteiger partial charge in [-0.3, -0.25) is 0 Å². The molecule has 0 aromatic heterocycles. The molecule has 2 aromatic rings. The van der Waals surface area contributed by atoms with E-state index in [1.54, 1.807) is 0 Å². The van der Waals surface area contributed by atoms with Gasteiger partial charge in [-0.25, -0.2) is 0 Å². The van der Waals surface area contributed by atoms with E-state index >= 15 is 0 Å². The van der Waals surface area contributed by atoms with E-state index in [0.717, 1.165) is 33.8 Å². The van der Waals surface area contributed by atoms with E-state index in [1.165, 1.54) is 0 Å². The first-order valence-corrected chi connectivity index (χ1v) is 7.47. The summed E-state index contributed by atoms with van der Waals surface area (Å²) >= 11 is 9.40. The van der Waals surface area contributed by atoms with Crippen molar-refractivity contribution in [3.8, 4) is 11.5 Å². The van der Waals surface area contributed by atoms with E-state index in [9.17, 15) is 0 Å². The molecule has 1 aliphatic heterocycles. The van der Waals surface area contributed by atoms with Crippen molar-refractivity contribution in [3.05, 3.63) is 51.5 Å². The molecular formula is C15H13BrClNO2. The first kappa shape index (κ1) is 13.6. The highest BCUT2D eigenvalue weighted by molar-refractivity contribution is 9.10. The van der Waals surface area contributed by atoms with Crippen molar-refractivity contribution in [1.82, 2.24) is 0 Å². The Morgan fingerprint density at radius 3 is 2.65 bits per heavy atom. The maximum Gasteiger partial charge on any atom is 0.163 e. The van der Waals surface area contributed by atoms with E-state index in [4.69, 9.17) is 21.1 Å². The lowest BCUT2D eigenvalue weighted by Gasteiger charge is -2.19. The number of halogens is 2. The second-order valence-corrected chi connectivity index (χ2v) is 5.72. The van der Waals surface area contributed by atoms with Crippen LogP contribution in [0.1, 0.15) is 5.56 Å². The molecule has 1 heterocycles. The Bertz CT molecular complexity index is 633. The second kappa shape index (κ2) is 5.94. The van der Waals surface area contributed by atoms with E-state index in [0.29, 0.717) is 18.2 Å². The summed E-state index contributed by atoms with van der Waals surface area (Å²) in [5, 5.41) is 4.07. The van der Waals surface area contributed by atoms with Crippen LogP contribution in [0.3, 0.4) is 0 Å².